The monoisotopic (exact) mass is 390 g/mol. The quantitative estimate of drug-likeness (QED) is 0.807. The van der Waals surface area contributed by atoms with Crippen LogP contribution in [0.3, 0.4) is 0 Å². The van der Waals surface area contributed by atoms with Gasteiger partial charge in [0.2, 0.25) is 10.0 Å². The van der Waals surface area contributed by atoms with Crippen molar-refractivity contribution in [1.29, 1.82) is 0 Å². The van der Waals surface area contributed by atoms with Gasteiger partial charge < -0.3 is 4.74 Å². The maximum Gasteiger partial charge on any atom is 0.265 e. The van der Waals surface area contributed by atoms with Gasteiger partial charge in [-0.25, -0.2) is 22.2 Å². The van der Waals surface area contributed by atoms with E-state index in [0.29, 0.717) is 0 Å². The zero-order valence-corrected chi connectivity index (χ0v) is 15.8. The van der Waals surface area contributed by atoms with Crippen LogP contribution in [0, 0.1) is 0 Å². The van der Waals surface area contributed by atoms with Crippen LogP contribution >= 0.6 is 11.3 Å². The number of ether oxygens (including phenoxy) is 1. The van der Waals surface area contributed by atoms with Gasteiger partial charge in [0.15, 0.2) is 0 Å². The molecule has 2 heterocycles. The Labute approximate surface area is 149 Å². The number of nitrogens with zero attached hydrogens (tertiary/aromatic N) is 2. The zero-order valence-electron chi connectivity index (χ0n) is 14.2. The summed E-state index contributed by atoms with van der Waals surface area (Å²) in [4.78, 5) is 4.64. The second kappa shape index (κ2) is 6.53. The Kier molecular flexibility index (Phi) is 4.87. The molecule has 5 nitrogen and oxygen atoms in total. The number of benzene rings is 1. The normalized spacial score (nSPS) is 20.5. The average molecular weight is 390 g/mol. The van der Waals surface area contributed by atoms with Crippen molar-refractivity contribution >= 4 is 31.6 Å². The van der Waals surface area contributed by atoms with Crippen LogP contribution in [0.25, 0.3) is 10.2 Å². The Morgan fingerprint density at radius 1 is 1.36 bits per heavy atom. The third-order valence-electron chi connectivity index (χ3n) is 3.98. The number of hydrogen-bond acceptors (Lipinski definition) is 5. The first kappa shape index (κ1) is 18.6. The van der Waals surface area contributed by atoms with Crippen molar-refractivity contribution in [2.45, 2.75) is 43.6 Å². The molecule has 0 N–H and O–H groups in total. The number of thiazole rings is 1. The summed E-state index contributed by atoms with van der Waals surface area (Å²) in [6.45, 7) is 5.82. The van der Waals surface area contributed by atoms with Crippen molar-refractivity contribution in [2.75, 3.05) is 19.7 Å². The van der Waals surface area contributed by atoms with E-state index in [1.54, 1.807) is 12.1 Å². The Balaban J connectivity index is 1.94. The Bertz CT molecular complexity index is 875. The predicted molar refractivity (Wildman–Crippen MR) is 92.8 cm³/mol. The van der Waals surface area contributed by atoms with Crippen molar-refractivity contribution in [1.82, 2.24) is 9.29 Å². The molecule has 1 atom stereocenters. The molecule has 0 spiro atoms. The molecule has 0 unspecified atom stereocenters. The summed E-state index contributed by atoms with van der Waals surface area (Å²) in [5, 5.41) is 0.918. The van der Waals surface area contributed by atoms with E-state index in [-0.39, 0.29) is 30.0 Å². The fourth-order valence-corrected chi connectivity index (χ4v) is 5.16. The van der Waals surface area contributed by atoms with E-state index >= 15 is 0 Å². The van der Waals surface area contributed by atoms with E-state index in [4.69, 9.17) is 4.74 Å². The number of morpholine rings is 1. The van der Waals surface area contributed by atoms with Gasteiger partial charge in [-0.05, 0) is 18.2 Å². The summed E-state index contributed by atoms with van der Waals surface area (Å²) < 4.78 is 58.1. The van der Waals surface area contributed by atoms with Gasteiger partial charge in [-0.15, -0.1) is 11.3 Å². The topological polar surface area (TPSA) is 59.5 Å². The van der Waals surface area contributed by atoms with Crippen LogP contribution in [-0.2, 0) is 20.2 Å². The van der Waals surface area contributed by atoms with Crippen molar-refractivity contribution in [3.8, 4) is 0 Å². The summed E-state index contributed by atoms with van der Waals surface area (Å²) in [6, 6.07) is 4.72. The van der Waals surface area contributed by atoms with Gasteiger partial charge in [0.25, 0.3) is 6.43 Å². The van der Waals surface area contributed by atoms with E-state index in [0.717, 1.165) is 19.5 Å². The highest BCUT2D eigenvalue weighted by molar-refractivity contribution is 7.89. The van der Waals surface area contributed by atoms with Crippen LogP contribution in [0.4, 0.5) is 8.78 Å². The first-order valence-corrected chi connectivity index (χ1v) is 10.2. The Hall–Kier alpha value is -1.16. The Morgan fingerprint density at radius 2 is 2.08 bits per heavy atom. The maximum atomic E-state index is 12.9. The summed E-state index contributed by atoms with van der Waals surface area (Å²) in [6.07, 6.45) is -4.10. The molecule has 0 aliphatic carbocycles. The fourth-order valence-electron chi connectivity index (χ4n) is 2.56. The zero-order chi connectivity index (χ0) is 18.4. The van der Waals surface area contributed by atoms with Gasteiger partial charge >= 0.3 is 0 Å². The van der Waals surface area contributed by atoms with Gasteiger partial charge in [-0.3, -0.25) is 0 Å². The van der Waals surface area contributed by atoms with Gasteiger partial charge in [0.1, 0.15) is 6.10 Å². The third kappa shape index (κ3) is 3.69. The van der Waals surface area contributed by atoms with Crippen LogP contribution < -0.4 is 0 Å². The highest BCUT2D eigenvalue weighted by Gasteiger charge is 2.35. The largest absolute Gasteiger partial charge is 0.370 e. The lowest BCUT2D eigenvalue weighted by molar-refractivity contribution is -0.0862. The molecular weight excluding hydrogens is 370 g/mol. The van der Waals surface area contributed by atoms with E-state index < -0.39 is 22.6 Å². The lowest BCUT2D eigenvalue weighted by atomic mass is 9.98. The molecule has 1 fully saturated rings. The van der Waals surface area contributed by atoms with Crippen LogP contribution in [0.2, 0.25) is 0 Å². The highest BCUT2D eigenvalue weighted by Crippen LogP contribution is 2.33. The van der Waals surface area contributed by atoms with E-state index in [9.17, 15) is 17.2 Å². The number of rotatable bonds is 3. The molecule has 0 radical (unpaired) electrons. The van der Waals surface area contributed by atoms with Crippen LogP contribution in [0.15, 0.2) is 23.1 Å². The molecule has 9 heteroatoms. The molecule has 2 aromatic rings. The molecule has 1 aromatic heterocycles. The lowest BCUT2D eigenvalue weighted by Crippen LogP contribution is -2.48. The molecular formula is C16H20F2N2O3S2. The number of hydrogen-bond donors (Lipinski definition) is 0. The van der Waals surface area contributed by atoms with Crippen molar-refractivity contribution < 1.29 is 21.9 Å². The summed E-state index contributed by atoms with van der Waals surface area (Å²) in [7, 11) is -3.85. The molecule has 1 aliphatic rings. The first-order chi connectivity index (χ1) is 11.6. The Morgan fingerprint density at radius 3 is 2.72 bits per heavy atom. The van der Waals surface area contributed by atoms with Gasteiger partial charge in [-0.2, -0.15) is 4.31 Å². The van der Waals surface area contributed by atoms with Crippen LogP contribution in [0.5, 0.6) is 0 Å². The minimum absolute atomic E-state index is 0.0365. The molecule has 0 saturated carbocycles. The van der Waals surface area contributed by atoms with Crippen molar-refractivity contribution in [3.05, 3.63) is 23.2 Å². The molecule has 1 aromatic carbocycles. The molecule has 1 aliphatic heterocycles. The second-order valence-electron chi connectivity index (χ2n) is 7.01. The lowest BCUT2D eigenvalue weighted by Gasteiger charge is -2.31. The van der Waals surface area contributed by atoms with E-state index in [1.165, 1.54) is 17.4 Å². The summed E-state index contributed by atoms with van der Waals surface area (Å²) >= 11 is 1.45. The van der Waals surface area contributed by atoms with Gasteiger partial charge in [0, 0.05) is 18.5 Å². The van der Waals surface area contributed by atoms with Crippen LogP contribution in [0.1, 0.15) is 25.8 Å². The smallest absolute Gasteiger partial charge is 0.265 e. The van der Waals surface area contributed by atoms with Gasteiger partial charge in [0.05, 0.1) is 26.7 Å². The number of alkyl halides is 2. The fraction of sp³-hybridized carbons (Fsp3) is 0.562. The molecule has 0 amide bonds. The molecule has 0 bridgehead atoms. The SMILES string of the molecule is CC(C)(C)c1nc2ccc(S(=O)(=O)N3CCO[C@H](C(F)F)C3)cc2s1. The molecule has 25 heavy (non-hydrogen) atoms. The first-order valence-electron chi connectivity index (χ1n) is 7.90. The minimum Gasteiger partial charge on any atom is -0.370 e. The highest BCUT2D eigenvalue weighted by atomic mass is 32.2. The van der Waals surface area contributed by atoms with Crippen LogP contribution in [-0.4, -0.2) is 49.9 Å². The number of aromatic nitrogens is 1. The molecule has 3 rings (SSSR count). The van der Waals surface area contributed by atoms with Crippen molar-refractivity contribution in [2.24, 2.45) is 0 Å². The molecule has 138 valence electrons. The maximum absolute atomic E-state index is 12.9. The summed E-state index contributed by atoms with van der Waals surface area (Å²) in [5.41, 5.74) is 0.610. The number of fused-ring (bicyclic) bond motifs is 1. The van der Waals surface area contributed by atoms with E-state index in [1.807, 2.05) is 20.8 Å². The van der Waals surface area contributed by atoms with Crippen molar-refractivity contribution in [3.63, 3.8) is 0 Å². The predicted octanol–water partition coefficient (Wildman–Crippen LogP) is 3.25. The summed E-state index contributed by atoms with van der Waals surface area (Å²) in [5.74, 6) is 0. The van der Waals surface area contributed by atoms with Gasteiger partial charge in [-0.1, -0.05) is 20.8 Å². The number of halogens is 2. The standard InChI is InChI=1S/C16H20F2N2O3S2/c1-16(2,3)15-19-11-5-4-10(8-13(11)24-15)25(21,22)20-6-7-23-12(9-20)14(17)18/h4-5,8,12,14H,6-7,9H2,1-3H3/t12-/m0/s1. The molecule has 1 saturated heterocycles. The number of sulfonamides is 1. The average Bonchev–Trinajstić information content (AvgIpc) is 2.98. The third-order valence-corrected chi connectivity index (χ3v) is 7.28. The minimum atomic E-state index is -3.85. The second-order valence-corrected chi connectivity index (χ2v) is 9.97. The van der Waals surface area contributed by atoms with E-state index in [2.05, 4.69) is 4.98 Å².